The Morgan fingerprint density at radius 2 is 2.00 bits per heavy atom. The lowest BCUT2D eigenvalue weighted by molar-refractivity contribution is -0.384. The number of non-ortho nitro benzene ring substituents is 1. The zero-order valence-electron chi connectivity index (χ0n) is 16.6. The Bertz CT molecular complexity index is 1050. The van der Waals surface area contributed by atoms with Gasteiger partial charge in [-0.2, -0.15) is 5.10 Å². The molecular formula is C21H21ClN4O4. The van der Waals surface area contributed by atoms with E-state index in [1.54, 1.807) is 53.2 Å². The fraction of sp³-hybridized carbons (Fsp3) is 0.238. The first-order valence-electron chi connectivity index (χ1n) is 9.31. The number of amides is 1. The van der Waals surface area contributed by atoms with Gasteiger partial charge in [-0.15, -0.1) is 0 Å². The second-order valence-electron chi connectivity index (χ2n) is 6.66. The van der Waals surface area contributed by atoms with E-state index in [1.807, 2.05) is 13.0 Å². The predicted molar refractivity (Wildman–Crippen MR) is 113 cm³/mol. The summed E-state index contributed by atoms with van der Waals surface area (Å²) < 4.78 is 7.44. The lowest BCUT2D eigenvalue weighted by atomic mass is 10.1. The van der Waals surface area contributed by atoms with Gasteiger partial charge in [0.15, 0.2) is 0 Å². The molecule has 1 aromatic heterocycles. The molecule has 1 amide bonds. The average molecular weight is 429 g/mol. The monoisotopic (exact) mass is 428 g/mol. The summed E-state index contributed by atoms with van der Waals surface area (Å²) in [6.07, 6.45) is 1.58. The molecule has 0 saturated carbocycles. The Balaban J connectivity index is 1.65. The van der Waals surface area contributed by atoms with E-state index in [1.165, 1.54) is 12.1 Å². The van der Waals surface area contributed by atoms with Gasteiger partial charge in [0.25, 0.3) is 11.6 Å². The van der Waals surface area contributed by atoms with Crippen LogP contribution in [-0.4, -0.2) is 32.6 Å². The van der Waals surface area contributed by atoms with Crippen LogP contribution in [0.3, 0.4) is 0 Å². The minimum atomic E-state index is -0.462. The van der Waals surface area contributed by atoms with Crippen molar-refractivity contribution in [1.29, 1.82) is 0 Å². The second-order valence-corrected chi connectivity index (χ2v) is 7.06. The molecule has 0 atom stereocenters. The summed E-state index contributed by atoms with van der Waals surface area (Å²) in [5, 5.41) is 15.4. The van der Waals surface area contributed by atoms with Crippen molar-refractivity contribution < 1.29 is 14.5 Å². The highest BCUT2D eigenvalue weighted by Gasteiger charge is 2.17. The van der Waals surface area contributed by atoms with E-state index >= 15 is 0 Å². The third-order valence-corrected chi connectivity index (χ3v) is 4.87. The molecule has 156 valence electrons. The summed E-state index contributed by atoms with van der Waals surface area (Å²) in [6.45, 7) is 3.20. The van der Waals surface area contributed by atoms with Gasteiger partial charge in [-0.3, -0.25) is 19.6 Å². The molecule has 9 heteroatoms. The number of carbonyl (C=O) groups excluding carboxylic acids is 1. The molecule has 8 nitrogen and oxygen atoms in total. The molecular weight excluding hydrogens is 408 g/mol. The third kappa shape index (κ3) is 4.96. The number of carbonyl (C=O) groups is 1. The lowest BCUT2D eigenvalue weighted by Gasteiger charge is -2.18. The van der Waals surface area contributed by atoms with Crippen molar-refractivity contribution in [3.8, 4) is 5.75 Å². The third-order valence-electron chi connectivity index (χ3n) is 4.56. The molecule has 0 radical (unpaired) electrons. The van der Waals surface area contributed by atoms with Crippen molar-refractivity contribution in [3.63, 3.8) is 0 Å². The van der Waals surface area contributed by atoms with E-state index in [9.17, 15) is 14.9 Å². The summed E-state index contributed by atoms with van der Waals surface area (Å²) in [7, 11) is 1.71. The maximum absolute atomic E-state index is 12.9. The molecule has 3 rings (SSSR count). The SMILES string of the molecule is CCn1ncc(Cl)c1CN(C)C(=O)c1cccc(COc2ccc([N+](=O)[O-])cc2)c1. The molecule has 0 fully saturated rings. The minimum absolute atomic E-state index is 0.00232. The van der Waals surface area contributed by atoms with E-state index in [0.29, 0.717) is 29.4 Å². The number of rotatable bonds is 8. The normalized spacial score (nSPS) is 10.6. The van der Waals surface area contributed by atoms with Crippen molar-refractivity contribution in [2.45, 2.75) is 26.6 Å². The Hall–Kier alpha value is -3.39. The number of hydrogen-bond acceptors (Lipinski definition) is 5. The quantitative estimate of drug-likeness (QED) is 0.393. The van der Waals surface area contributed by atoms with Crippen LogP contribution in [0.4, 0.5) is 5.69 Å². The summed E-state index contributed by atoms with van der Waals surface area (Å²) in [5.74, 6) is 0.365. The topological polar surface area (TPSA) is 90.5 Å². The van der Waals surface area contributed by atoms with E-state index in [2.05, 4.69) is 5.10 Å². The second kappa shape index (κ2) is 9.41. The highest BCUT2D eigenvalue weighted by atomic mass is 35.5. The van der Waals surface area contributed by atoms with Crippen LogP contribution >= 0.6 is 11.6 Å². The van der Waals surface area contributed by atoms with Crippen molar-refractivity contribution >= 4 is 23.2 Å². The molecule has 0 N–H and O–H groups in total. The standard InChI is InChI=1S/C21H21ClN4O4/c1-3-25-20(19(22)12-23-25)13-24(2)21(27)16-6-4-5-15(11-16)14-30-18-9-7-17(8-10-18)26(28)29/h4-12H,3,13-14H2,1-2H3. The van der Waals surface area contributed by atoms with Gasteiger partial charge in [-0.05, 0) is 36.8 Å². The molecule has 3 aromatic rings. The number of nitrogens with zero attached hydrogens (tertiary/aromatic N) is 4. The number of aryl methyl sites for hydroxylation is 1. The lowest BCUT2D eigenvalue weighted by Crippen LogP contribution is -2.27. The molecule has 0 unspecified atom stereocenters. The summed E-state index contributed by atoms with van der Waals surface area (Å²) in [6, 6.07) is 13.0. The van der Waals surface area contributed by atoms with Crippen LogP contribution in [0.2, 0.25) is 5.02 Å². The van der Waals surface area contributed by atoms with Crippen LogP contribution in [0.5, 0.6) is 5.75 Å². The summed E-state index contributed by atoms with van der Waals surface area (Å²) in [4.78, 5) is 24.7. The van der Waals surface area contributed by atoms with Gasteiger partial charge in [-0.1, -0.05) is 23.7 Å². The maximum Gasteiger partial charge on any atom is 0.269 e. The molecule has 0 aliphatic rings. The number of hydrogen-bond donors (Lipinski definition) is 0. The first-order chi connectivity index (χ1) is 14.4. The van der Waals surface area contributed by atoms with Gasteiger partial charge in [0.1, 0.15) is 12.4 Å². The van der Waals surface area contributed by atoms with E-state index in [4.69, 9.17) is 16.3 Å². The maximum atomic E-state index is 12.9. The van der Waals surface area contributed by atoms with Crippen LogP contribution in [0.15, 0.2) is 54.7 Å². The minimum Gasteiger partial charge on any atom is -0.489 e. The summed E-state index contributed by atoms with van der Waals surface area (Å²) in [5.41, 5.74) is 2.13. The molecule has 1 heterocycles. The molecule has 0 aliphatic heterocycles. The number of ether oxygens (including phenoxy) is 1. The van der Waals surface area contributed by atoms with Crippen LogP contribution in [0.25, 0.3) is 0 Å². The zero-order chi connectivity index (χ0) is 21.7. The molecule has 2 aromatic carbocycles. The molecule has 30 heavy (non-hydrogen) atoms. The van der Waals surface area contributed by atoms with Crippen LogP contribution in [0.1, 0.15) is 28.5 Å². The van der Waals surface area contributed by atoms with Crippen molar-refractivity contribution in [2.24, 2.45) is 0 Å². The van der Waals surface area contributed by atoms with Gasteiger partial charge < -0.3 is 9.64 Å². The van der Waals surface area contributed by atoms with Gasteiger partial charge >= 0.3 is 0 Å². The van der Waals surface area contributed by atoms with Crippen molar-refractivity contribution in [1.82, 2.24) is 14.7 Å². The van der Waals surface area contributed by atoms with Gasteiger partial charge in [-0.25, -0.2) is 0 Å². The Kier molecular flexibility index (Phi) is 6.68. The van der Waals surface area contributed by atoms with Crippen molar-refractivity contribution in [3.05, 3.63) is 86.7 Å². The smallest absolute Gasteiger partial charge is 0.269 e. The van der Waals surface area contributed by atoms with Crippen LogP contribution in [0, 0.1) is 10.1 Å². The molecule has 0 bridgehead atoms. The molecule has 0 spiro atoms. The number of halogens is 1. The number of benzene rings is 2. The van der Waals surface area contributed by atoms with Crippen molar-refractivity contribution in [2.75, 3.05) is 7.05 Å². The average Bonchev–Trinajstić information content (AvgIpc) is 3.11. The highest BCUT2D eigenvalue weighted by Crippen LogP contribution is 2.20. The van der Waals surface area contributed by atoms with E-state index < -0.39 is 4.92 Å². The number of nitro benzene ring substituents is 1. The summed E-state index contributed by atoms with van der Waals surface area (Å²) >= 11 is 6.20. The fourth-order valence-electron chi connectivity index (χ4n) is 2.96. The number of nitro groups is 1. The zero-order valence-corrected chi connectivity index (χ0v) is 17.4. The number of aromatic nitrogens is 2. The highest BCUT2D eigenvalue weighted by molar-refractivity contribution is 6.31. The van der Waals surface area contributed by atoms with Crippen LogP contribution < -0.4 is 4.74 Å². The molecule has 0 saturated heterocycles. The first-order valence-corrected chi connectivity index (χ1v) is 9.68. The molecule has 0 aliphatic carbocycles. The largest absolute Gasteiger partial charge is 0.489 e. The van der Waals surface area contributed by atoms with Gasteiger partial charge in [0.2, 0.25) is 0 Å². The Morgan fingerprint density at radius 3 is 2.67 bits per heavy atom. The predicted octanol–water partition coefficient (Wildman–Crippen LogP) is 4.32. The Morgan fingerprint density at radius 1 is 1.27 bits per heavy atom. The van der Waals surface area contributed by atoms with Gasteiger partial charge in [0.05, 0.1) is 28.4 Å². The fourth-order valence-corrected chi connectivity index (χ4v) is 3.16. The van der Waals surface area contributed by atoms with E-state index in [0.717, 1.165) is 11.3 Å². The van der Waals surface area contributed by atoms with Gasteiger partial charge in [0, 0.05) is 31.3 Å². The Labute approximate surface area is 178 Å². The van der Waals surface area contributed by atoms with E-state index in [-0.39, 0.29) is 18.2 Å². The first kappa shape index (κ1) is 21.3. The van der Waals surface area contributed by atoms with Crippen LogP contribution in [-0.2, 0) is 19.7 Å².